The van der Waals surface area contributed by atoms with Gasteiger partial charge in [-0.1, -0.05) is 12.1 Å². The molecule has 0 aliphatic rings. The van der Waals surface area contributed by atoms with Crippen molar-refractivity contribution >= 4 is 5.97 Å². The predicted octanol–water partition coefficient (Wildman–Crippen LogP) is 2.32. The van der Waals surface area contributed by atoms with Gasteiger partial charge < -0.3 is 14.4 Å². The molecule has 5 nitrogen and oxygen atoms in total. The summed E-state index contributed by atoms with van der Waals surface area (Å²) in [6.45, 7) is 2.33. The third kappa shape index (κ3) is 2.73. The molecule has 2 rings (SSSR count). The maximum absolute atomic E-state index is 13.4. The fraction of sp³-hybridized carbons (Fsp3) is 0.231. The molecule has 1 N–H and O–H groups in total. The normalized spacial score (nSPS) is 10.4. The topological polar surface area (TPSA) is 64.4 Å². The van der Waals surface area contributed by atoms with Crippen molar-refractivity contribution in [1.29, 1.82) is 0 Å². The quantitative estimate of drug-likeness (QED) is 0.900. The smallest absolute Gasteiger partial charge is 0.372 e. The second-order valence-corrected chi connectivity index (χ2v) is 3.84. The van der Waals surface area contributed by atoms with Crippen LogP contribution in [0.2, 0.25) is 0 Å². The number of benzene rings is 1. The van der Waals surface area contributed by atoms with Gasteiger partial charge in [-0.05, 0) is 19.1 Å². The van der Waals surface area contributed by atoms with Crippen molar-refractivity contribution in [2.75, 3.05) is 0 Å². The molecule has 2 aromatic rings. The molecule has 0 spiro atoms. The third-order valence-corrected chi connectivity index (χ3v) is 2.66. The Balaban J connectivity index is 2.16. The van der Waals surface area contributed by atoms with Crippen molar-refractivity contribution in [2.24, 2.45) is 0 Å². The summed E-state index contributed by atoms with van der Waals surface area (Å²) < 4.78 is 20.2. The molecule has 19 heavy (non-hydrogen) atoms. The lowest BCUT2D eigenvalue weighted by Gasteiger charge is -2.09. The molecule has 0 aliphatic heterocycles. The number of hydrogen-bond donors (Lipinski definition) is 1. The van der Waals surface area contributed by atoms with Crippen LogP contribution in [0.15, 0.2) is 30.5 Å². The second kappa shape index (κ2) is 5.51. The summed E-state index contributed by atoms with van der Waals surface area (Å²) in [5, 5.41) is 8.96. The molecule has 0 bridgehead atoms. The molecule has 0 fully saturated rings. The van der Waals surface area contributed by atoms with E-state index in [1.165, 1.54) is 22.9 Å². The number of para-hydroxylation sites is 1. The van der Waals surface area contributed by atoms with E-state index in [1.807, 2.05) is 0 Å². The molecule has 0 saturated heterocycles. The highest BCUT2D eigenvalue weighted by molar-refractivity contribution is 5.83. The van der Waals surface area contributed by atoms with Gasteiger partial charge in [0.2, 0.25) is 5.82 Å². The van der Waals surface area contributed by atoms with E-state index in [2.05, 4.69) is 4.98 Å². The Hall–Kier alpha value is -2.37. The first-order valence-electron chi connectivity index (χ1n) is 5.78. The molecule has 6 heteroatoms. The van der Waals surface area contributed by atoms with Gasteiger partial charge in [-0.3, -0.25) is 0 Å². The Morgan fingerprint density at radius 1 is 1.47 bits per heavy atom. The molecule has 1 aromatic carbocycles. The Kier molecular flexibility index (Phi) is 3.79. The zero-order valence-electron chi connectivity index (χ0n) is 10.3. The molecule has 0 saturated carbocycles. The largest absolute Gasteiger partial charge is 0.484 e. The van der Waals surface area contributed by atoms with Gasteiger partial charge in [0.25, 0.3) is 0 Å². The van der Waals surface area contributed by atoms with Gasteiger partial charge in [0.05, 0.1) is 11.9 Å². The van der Waals surface area contributed by atoms with Gasteiger partial charge in [0.15, 0.2) is 11.6 Å². The summed E-state index contributed by atoms with van der Waals surface area (Å²) in [5.41, 5.74) is 0.586. The van der Waals surface area contributed by atoms with E-state index in [0.29, 0.717) is 12.2 Å². The number of carboxylic acid groups (broad SMARTS) is 1. The monoisotopic (exact) mass is 264 g/mol. The summed E-state index contributed by atoms with van der Waals surface area (Å²) in [6.07, 6.45) is 1.42. The summed E-state index contributed by atoms with van der Waals surface area (Å²) in [6, 6.07) is 6.05. The fourth-order valence-corrected chi connectivity index (χ4v) is 1.76. The summed E-state index contributed by atoms with van der Waals surface area (Å²) in [7, 11) is 0. The van der Waals surface area contributed by atoms with Crippen LogP contribution in [0.1, 0.15) is 23.2 Å². The van der Waals surface area contributed by atoms with Gasteiger partial charge in [0, 0.05) is 6.54 Å². The molecule has 1 heterocycles. The Morgan fingerprint density at radius 3 is 2.84 bits per heavy atom. The number of aromatic carboxylic acids is 1. The maximum atomic E-state index is 13.4. The number of aromatic nitrogens is 2. The first-order valence-corrected chi connectivity index (χ1v) is 5.78. The predicted molar refractivity (Wildman–Crippen MR) is 65.6 cm³/mol. The number of rotatable bonds is 5. The fourth-order valence-electron chi connectivity index (χ4n) is 1.76. The molecule has 100 valence electrons. The molecular weight excluding hydrogens is 251 g/mol. The summed E-state index contributed by atoms with van der Waals surface area (Å²) >= 11 is 0. The number of carboxylic acids is 1. The summed E-state index contributed by atoms with van der Waals surface area (Å²) in [4.78, 5) is 14.7. The maximum Gasteiger partial charge on any atom is 0.372 e. The van der Waals surface area contributed by atoms with Crippen molar-refractivity contribution in [3.63, 3.8) is 0 Å². The van der Waals surface area contributed by atoms with E-state index in [1.54, 1.807) is 19.1 Å². The van der Waals surface area contributed by atoms with Crippen molar-refractivity contribution in [3.8, 4) is 5.75 Å². The van der Waals surface area contributed by atoms with Gasteiger partial charge in [-0.2, -0.15) is 0 Å². The Bertz CT molecular complexity index is 595. The van der Waals surface area contributed by atoms with Gasteiger partial charge in [0.1, 0.15) is 6.61 Å². The van der Waals surface area contributed by atoms with Crippen molar-refractivity contribution in [2.45, 2.75) is 20.1 Å². The Morgan fingerprint density at radius 2 is 2.21 bits per heavy atom. The first-order chi connectivity index (χ1) is 9.13. The number of hydrogen-bond acceptors (Lipinski definition) is 3. The zero-order chi connectivity index (χ0) is 13.8. The standard InChI is InChI=1S/C13H13FN2O3/c1-2-16-9(7-15-12(16)13(17)18)8-19-11-6-4-3-5-10(11)14/h3-7H,2,8H2,1H3,(H,17,18). The van der Waals surface area contributed by atoms with Crippen LogP contribution in [0.25, 0.3) is 0 Å². The summed E-state index contributed by atoms with van der Waals surface area (Å²) in [5.74, 6) is -1.47. The van der Waals surface area contributed by atoms with Crippen LogP contribution in [0.5, 0.6) is 5.75 Å². The second-order valence-electron chi connectivity index (χ2n) is 3.84. The van der Waals surface area contributed by atoms with E-state index >= 15 is 0 Å². The van der Waals surface area contributed by atoms with E-state index in [-0.39, 0.29) is 18.2 Å². The van der Waals surface area contributed by atoms with E-state index in [0.717, 1.165) is 0 Å². The highest BCUT2D eigenvalue weighted by Crippen LogP contribution is 2.17. The number of carbonyl (C=O) groups is 1. The van der Waals surface area contributed by atoms with E-state index < -0.39 is 11.8 Å². The van der Waals surface area contributed by atoms with Gasteiger partial charge in [-0.25, -0.2) is 14.2 Å². The first kappa shape index (κ1) is 13.1. The number of nitrogens with zero attached hydrogens (tertiary/aromatic N) is 2. The van der Waals surface area contributed by atoms with Crippen LogP contribution in [-0.4, -0.2) is 20.6 Å². The minimum atomic E-state index is -1.10. The van der Waals surface area contributed by atoms with Crippen molar-refractivity contribution < 1.29 is 19.0 Å². The molecule has 0 atom stereocenters. The highest BCUT2D eigenvalue weighted by atomic mass is 19.1. The molecule has 1 aromatic heterocycles. The minimum Gasteiger partial charge on any atom is -0.484 e. The van der Waals surface area contributed by atoms with Crippen LogP contribution >= 0.6 is 0 Å². The van der Waals surface area contributed by atoms with Crippen LogP contribution in [0, 0.1) is 5.82 Å². The average molecular weight is 264 g/mol. The van der Waals surface area contributed by atoms with Crippen LogP contribution in [-0.2, 0) is 13.2 Å². The SMILES string of the molecule is CCn1c(COc2ccccc2F)cnc1C(=O)O. The van der Waals surface area contributed by atoms with Gasteiger partial charge >= 0.3 is 5.97 Å². The molecule has 0 unspecified atom stereocenters. The Labute approximate surface area is 109 Å². The molecular formula is C13H13FN2O3. The number of ether oxygens (including phenoxy) is 1. The minimum absolute atomic E-state index is 0.0466. The average Bonchev–Trinajstić information content (AvgIpc) is 2.81. The van der Waals surface area contributed by atoms with Crippen molar-refractivity contribution in [3.05, 3.63) is 47.8 Å². The van der Waals surface area contributed by atoms with Gasteiger partial charge in [-0.15, -0.1) is 0 Å². The molecule has 0 amide bonds. The van der Waals surface area contributed by atoms with E-state index in [4.69, 9.17) is 9.84 Å². The lowest BCUT2D eigenvalue weighted by atomic mass is 10.3. The van der Waals surface area contributed by atoms with Crippen LogP contribution in [0.3, 0.4) is 0 Å². The molecule has 0 radical (unpaired) electrons. The number of imidazole rings is 1. The molecule has 0 aliphatic carbocycles. The van der Waals surface area contributed by atoms with E-state index in [9.17, 15) is 9.18 Å². The number of halogens is 1. The highest BCUT2D eigenvalue weighted by Gasteiger charge is 2.15. The third-order valence-electron chi connectivity index (χ3n) is 2.66. The van der Waals surface area contributed by atoms with Crippen molar-refractivity contribution in [1.82, 2.24) is 9.55 Å². The van der Waals surface area contributed by atoms with Crippen LogP contribution < -0.4 is 4.74 Å². The van der Waals surface area contributed by atoms with Crippen LogP contribution in [0.4, 0.5) is 4.39 Å². The lowest BCUT2D eigenvalue weighted by molar-refractivity contribution is 0.0677. The zero-order valence-corrected chi connectivity index (χ0v) is 10.3. The lowest BCUT2D eigenvalue weighted by Crippen LogP contribution is -2.12.